The van der Waals surface area contributed by atoms with Gasteiger partial charge in [-0.2, -0.15) is 0 Å². The molecular formula is C14H24O2. The predicted molar refractivity (Wildman–Crippen MR) is 66.1 cm³/mol. The number of rotatable bonds is 8. The zero-order chi connectivity index (χ0) is 11.8. The van der Waals surface area contributed by atoms with Crippen LogP contribution in [0.4, 0.5) is 0 Å². The first-order valence-corrected chi connectivity index (χ1v) is 6.54. The van der Waals surface area contributed by atoms with Gasteiger partial charge in [0.25, 0.3) is 0 Å². The van der Waals surface area contributed by atoms with E-state index in [-0.39, 0.29) is 5.97 Å². The van der Waals surface area contributed by atoms with Crippen molar-refractivity contribution in [1.82, 2.24) is 0 Å². The Morgan fingerprint density at radius 3 is 2.75 bits per heavy atom. The number of unbranched alkanes of at least 4 members (excludes halogenated alkanes) is 4. The fourth-order valence-corrected chi connectivity index (χ4v) is 2.12. The average molecular weight is 224 g/mol. The van der Waals surface area contributed by atoms with Crippen LogP contribution in [0.1, 0.15) is 51.9 Å². The molecule has 0 N–H and O–H groups in total. The highest BCUT2D eigenvalue weighted by molar-refractivity contribution is 5.81. The third-order valence-electron chi connectivity index (χ3n) is 3.34. The van der Waals surface area contributed by atoms with Gasteiger partial charge < -0.3 is 4.74 Å². The first kappa shape index (κ1) is 13.3. The second-order valence-electron chi connectivity index (χ2n) is 4.74. The van der Waals surface area contributed by atoms with E-state index in [1.54, 1.807) is 6.08 Å². The van der Waals surface area contributed by atoms with E-state index in [1.165, 1.54) is 52.1 Å². The van der Waals surface area contributed by atoms with Crippen LogP contribution in [-0.2, 0) is 9.53 Å². The fourth-order valence-electron chi connectivity index (χ4n) is 2.12. The molecular weight excluding hydrogens is 200 g/mol. The highest BCUT2D eigenvalue weighted by atomic mass is 16.5. The van der Waals surface area contributed by atoms with Crippen LogP contribution in [0, 0.1) is 11.8 Å². The van der Waals surface area contributed by atoms with Crippen LogP contribution >= 0.6 is 0 Å². The van der Waals surface area contributed by atoms with Gasteiger partial charge in [-0.1, -0.05) is 45.1 Å². The zero-order valence-corrected chi connectivity index (χ0v) is 10.6. The van der Waals surface area contributed by atoms with Crippen molar-refractivity contribution in [1.29, 1.82) is 0 Å². The molecule has 2 heteroatoms. The monoisotopic (exact) mass is 224 g/mol. The van der Waals surface area contributed by atoms with E-state index in [0.717, 1.165) is 5.92 Å². The quantitative estimate of drug-likeness (QED) is 0.357. The van der Waals surface area contributed by atoms with E-state index >= 15 is 0 Å². The number of allylic oxidation sites excluding steroid dienone is 1. The van der Waals surface area contributed by atoms with Crippen LogP contribution in [0.3, 0.4) is 0 Å². The largest absolute Gasteiger partial charge is 0.466 e. The molecule has 1 aliphatic carbocycles. The summed E-state index contributed by atoms with van der Waals surface area (Å²) >= 11 is 0. The number of esters is 1. The van der Waals surface area contributed by atoms with E-state index < -0.39 is 0 Å². The van der Waals surface area contributed by atoms with E-state index in [2.05, 4.69) is 11.7 Å². The Balaban J connectivity index is 1.98. The molecule has 1 rings (SSSR count). The van der Waals surface area contributed by atoms with Crippen LogP contribution in [0.5, 0.6) is 0 Å². The molecule has 0 amide bonds. The van der Waals surface area contributed by atoms with Crippen LogP contribution in [-0.4, -0.2) is 13.1 Å². The Morgan fingerprint density at radius 2 is 2.06 bits per heavy atom. The normalized spacial score (nSPS) is 23.6. The van der Waals surface area contributed by atoms with Gasteiger partial charge in [0.2, 0.25) is 0 Å². The van der Waals surface area contributed by atoms with Gasteiger partial charge in [0.1, 0.15) is 0 Å². The molecule has 0 aliphatic heterocycles. The van der Waals surface area contributed by atoms with Crippen molar-refractivity contribution < 1.29 is 9.53 Å². The van der Waals surface area contributed by atoms with Gasteiger partial charge in [-0.15, -0.1) is 0 Å². The summed E-state index contributed by atoms with van der Waals surface area (Å²) in [4.78, 5) is 10.9. The van der Waals surface area contributed by atoms with Crippen LogP contribution in [0.25, 0.3) is 0 Å². The molecule has 0 unspecified atom stereocenters. The topological polar surface area (TPSA) is 26.3 Å². The predicted octanol–water partition coefficient (Wildman–Crippen LogP) is 3.71. The first-order valence-electron chi connectivity index (χ1n) is 6.54. The summed E-state index contributed by atoms with van der Waals surface area (Å²) in [5, 5.41) is 0. The molecule has 1 aliphatic rings. The van der Waals surface area contributed by atoms with Gasteiger partial charge in [0.15, 0.2) is 0 Å². The molecule has 2 atom stereocenters. The van der Waals surface area contributed by atoms with E-state index in [9.17, 15) is 4.79 Å². The minimum atomic E-state index is -0.228. The van der Waals surface area contributed by atoms with Crippen molar-refractivity contribution in [2.45, 2.75) is 51.9 Å². The zero-order valence-electron chi connectivity index (χ0n) is 10.6. The third-order valence-corrected chi connectivity index (χ3v) is 3.34. The fraction of sp³-hybridized carbons (Fsp3) is 0.786. The van der Waals surface area contributed by atoms with Crippen LogP contribution < -0.4 is 0 Å². The Bertz CT molecular complexity index is 233. The highest BCUT2D eigenvalue weighted by Gasteiger charge is 2.33. The number of hydrogen-bond acceptors (Lipinski definition) is 2. The molecule has 16 heavy (non-hydrogen) atoms. The van der Waals surface area contributed by atoms with Crippen molar-refractivity contribution in [2.24, 2.45) is 11.8 Å². The molecule has 1 saturated carbocycles. The van der Waals surface area contributed by atoms with Crippen LogP contribution in [0.15, 0.2) is 12.2 Å². The lowest BCUT2D eigenvalue weighted by Gasteiger charge is -1.98. The summed E-state index contributed by atoms with van der Waals surface area (Å²) < 4.78 is 4.56. The van der Waals surface area contributed by atoms with Gasteiger partial charge in [0.05, 0.1) is 7.11 Å². The maximum absolute atomic E-state index is 10.9. The summed E-state index contributed by atoms with van der Waals surface area (Å²) in [7, 11) is 1.42. The summed E-state index contributed by atoms with van der Waals surface area (Å²) in [5.41, 5.74) is 0. The smallest absolute Gasteiger partial charge is 0.330 e. The van der Waals surface area contributed by atoms with Gasteiger partial charge in [0, 0.05) is 6.08 Å². The van der Waals surface area contributed by atoms with E-state index in [4.69, 9.17) is 0 Å². The number of carbonyl (C=O) groups is 1. The van der Waals surface area contributed by atoms with Gasteiger partial charge in [-0.3, -0.25) is 0 Å². The summed E-state index contributed by atoms with van der Waals surface area (Å²) in [6, 6.07) is 0. The van der Waals surface area contributed by atoms with Crippen LogP contribution in [0.2, 0.25) is 0 Å². The van der Waals surface area contributed by atoms with Gasteiger partial charge in [-0.25, -0.2) is 4.79 Å². The Kier molecular flexibility index (Phi) is 6.20. The molecule has 0 heterocycles. The lowest BCUT2D eigenvalue weighted by atomic mass is 10.1. The molecule has 0 bridgehead atoms. The van der Waals surface area contributed by atoms with Crippen molar-refractivity contribution in [3.8, 4) is 0 Å². The van der Waals surface area contributed by atoms with Gasteiger partial charge in [-0.05, 0) is 24.7 Å². The van der Waals surface area contributed by atoms with E-state index in [0.29, 0.717) is 5.92 Å². The maximum atomic E-state index is 10.9. The van der Waals surface area contributed by atoms with Crippen molar-refractivity contribution in [3.63, 3.8) is 0 Å². The molecule has 92 valence electrons. The first-order chi connectivity index (χ1) is 7.77. The summed E-state index contributed by atoms with van der Waals surface area (Å²) in [6.45, 7) is 2.24. The number of carbonyl (C=O) groups excluding carboxylic acids is 1. The molecule has 1 fully saturated rings. The maximum Gasteiger partial charge on any atom is 0.330 e. The molecule has 0 aromatic rings. The second-order valence-corrected chi connectivity index (χ2v) is 4.74. The number of methoxy groups -OCH3 is 1. The molecule has 0 aromatic heterocycles. The Morgan fingerprint density at radius 1 is 1.31 bits per heavy atom. The summed E-state index contributed by atoms with van der Waals surface area (Å²) in [6.07, 6.45) is 13.0. The van der Waals surface area contributed by atoms with Gasteiger partial charge >= 0.3 is 5.97 Å². The SMILES string of the molecule is CCCCCCC[C@@H]1C[C@H]1/C=C/C(=O)OC. The van der Waals surface area contributed by atoms with Crippen molar-refractivity contribution >= 4 is 5.97 Å². The summed E-state index contributed by atoms with van der Waals surface area (Å²) in [5.74, 6) is 1.25. The third kappa shape index (κ3) is 5.34. The molecule has 2 nitrogen and oxygen atoms in total. The number of ether oxygens (including phenoxy) is 1. The highest BCUT2D eigenvalue weighted by Crippen LogP contribution is 2.43. The Labute approximate surface area is 99.1 Å². The number of hydrogen-bond donors (Lipinski definition) is 0. The molecule has 0 spiro atoms. The second kappa shape index (κ2) is 7.48. The minimum absolute atomic E-state index is 0.228. The lowest BCUT2D eigenvalue weighted by molar-refractivity contribution is -0.134. The molecule has 0 radical (unpaired) electrons. The average Bonchev–Trinajstić information content (AvgIpc) is 3.04. The molecule has 0 aromatic carbocycles. The standard InChI is InChI=1S/C14H24O2/c1-3-4-5-6-7-8-12-11-13(12)9-10-14(15)16-2/h9-10,12-13H,3-8,11H2,1-2H3/b10-9+/t12-,13-/m1/s1. The van der Waals surface area contributed by atoms with Crippen molar-refractivity contribution in [2.75, 3.05) is 7.11 Å². The van der Waals surface area contributed by atoms with E-state index in [1.807, 2.05) is 6.08 Å². The lowest BCUT2D eigenvalue weighted by Crippen LogP contribution is -1.94. The van der Waals surface area contributed by atoms with Crippen molar-refractivity contribution in [3.05, 3.63) is 12.2 Å². The minimum Gasteiger partial charge on any atom is -0.466 e. The Hall–Kier alpha value is -0.790. The molecule has 0 saturated heterocycles.